The zero-order chi connectivity index (χ0) is 6.81. The van der Waals surface area contributed by atoms with E-state index in [0.29, 0.717) is 0 Å². The fourth-order valence-electron chi connectivity index (χ4n) is 0.946. The molecule has 0 fully saturated rings. The Hall–Kier alpha value is -1.30. The lowest BCUT2D eigenvalue weighted by molar-refractivity contribution is 1.71. The number of rotatable bonds is 0. The Bertz CT molecular complexity index is 271. The van der Waals surface area contributed by atoms with E-state index in [4.69, 9.17) is 0 Å². The van der Waals surface area contributed by atoms with E-state index in [1.807, 2.05) is 30.3 Å². The van der Waals surface area contributed by atoms with Crippen molar-refractivity contribution in [3.63, 3.8) is 0 Å². The molecule has 10 heavy (non-hydrogen) atoms. The highest BCUT2D eigenvalue weighted by Gasteiger charge is 1.86. The van der Waals surface area contributed by atoms with Crippen molar-refractivity contribution in [1.82, 2.24) is 0 Å². The van der Waals surface area contributed by atoms with Crippen LogP contribution in [-0.2, 0) is 0 Å². The summed E-state index contributed by atoms with van der Waals surface area (Å²) in [4.78, 5) is 0. The summed E-state index contributed by atoms with van der Waals surface area (Å²) in [5.74, 6) is 0. The van der Waals surface area contributed by atoms with Crippen LogP contribution in [0.15, 0.2) is 30.3 Å². The van der Waals surface area contributed by atoms with Gasteiger partial charge in [-0.2, -0.15) is 0 Å². The molecule has 2 aromatic rings. The molecule has 0 aliphatic carbocycles. The van der Waals surface area contributed by atoms with E-state index < -0.39 is 0 Å². The van der Waals surface area contributed by atoms with Crippen molar-refractivity contribution in [2.75, 3.05) is 0 Å². The smallest absolute Gasteiger partial charge is 0.00141 e. The molecule has 0 spiro atoms. The van der Waals surface area contributed by atoms with Crippen molar-refractivity contribution in [3.05, 3.63) is 48.5 Å². The minimum atomic E-state index is 1.10. The monoisotopic (exact) mass is 125 g/mol. The largest absolute Gasteiger partial charge is 0.0537 e. The summed E-state index contributed by atoms with van der Waals surface area (Å²) in [6.07, 6.45) is 0. The van der Waals surface area contributed by atoms with Crippen molar-refractivity contribution in [2.45, 2.75) is 0 Å². The van der Waals surface area contributed by atoms with Crippen molar-refractivity contribution in [3.8, 4) is 0 Å². The molecule has 2 rings (SSSR count). The van der Waals surface area contributed by atoms with Gasteiger partial charge in [0.15, 0.2) is 0 Å². The first kappa shape index (κ1) is 5.48. The van der Waals surface area contributed by atoms with E-state index in [9.17, 15) is 0 Å². The fraction of sp³-hybridized carbons (Fsp3) is 0. The van der Waals surface area contributed by atoms with Crippen LogP contribution in [-0.4, -0.2) is 0 Å². The summed E-state index contributed by atoms with van der Waals surface area (Å²) in [7, 11) is 0. The third-order valence-electron chi connectivity index (χ3n) is 1.45. The van der Waals surface area contributed by atoms with Gasteiger partial charge in [0.2, 0.25) is 0 Å². The molecule has 0 heteroatoms. The molecule has 0 saturated heterocycles. The molecule has 0 aromatic heterocycles. The second-order valence-electron chi connectivity index (χ2n) is 2.12. The van der Waals surface area contributed by atoms with Crippen LogP contribution in [0.3, 0.4) is 0 Å². The molecule has 3 radical (unpaired) electrons. The van der Waals surface area contributed by atoms with Gasteiger partial charge in [0.1, 0.15) is 0 Å². The van der Waals surface area contributed by atoms with Crippen molar-refractivity contribution >= 4 is 10.8 Å². The summed E-state index contributed by atoms with van der Waals surface area (Å²) < 4.78 is 0. The van der Waals surface area contributed by atoms with Crippen molar-refractivity contribution in [2.24, 2.45) is 0 Å². The van der Waals surface area contributed by atoms with E-state index in [2.05, 4.69) is 18.2 Å². The Morgan fingerprint density at radius 3 is 3.00 bits per heavy atom. The second-order valence-corrected chi connectivity index (χ2v) is 2.12. The Labute approximate surface area is 60.1 Å². The van der Waals surface area contributed by atoms with Crippen LogP contribution in [0.2, 0.25) is 0 Å². The minimum absolute atomic E-state index is 1.10. The summed E-state index contributed by atoms with van der Waals surface area (Å²) in [5.41, 5.74) is 0. The normalized spacial score (nSPS) is 10.0. The second kappa shape index (κ2) is 2.14. The van der Waals surface area contributed by atoms with Crippen LogP contribution in [0, 0.1) is 18.2 Å². The summed E-state index contributed by atoms with van der Waals surface area (Å²) in [6, 6.07) is 18.6. The van der Waals surface area contributed by atoms with Gasteiger partial charge in [0.25, 0.3) is 0 Å². The fourth-order valence-corrected chi connectivity index (χ4v) is 0.946. The van der Waals surface area contributed by atoms with Crippen LogP contribution < -0.4 is 0 Å². The molecule has 0 saturated carbocycles. The van der Waals surface area contributed by atoms with Crippen LogP contribution in [0.1, 0.15) is 0 Å². The van der Waals surface area contributed by atoms with E-state index in [-0.39, 0.29) is 0 Å². The van der Waals surface area contributed by atoms with Gasteiger partial charge in [0, 0.05) is 0 Å². The molecule has 0 atom stereocenters. The molecule has 2 aromatic carbocycles. The van der Waals surface area contributed by atoms with Crippen LogP contribution in [0.5, 0.6) is 0 Å². The van der Waals surface area contributed by atoms with Gasteiger partial charge in [-0.15, -0.1) is 0 Å². The highest BCUT2D eigenvalue weighted by atomic mass is 13.9. The third-order valence-corrected chi connectivity index (χ3v) is 1.45. The quantitative estimate of drug-likeness (QED) is 0.506. The maximum atomic E-state index is 3.01. The molecule has 0 N–H and O–H groups in total. The van der Waals surface area contributed by atoms with E-state index in [1.165, 1.54) is 5.39 Å². The Kier molecular flexibility index (Phi) is 1.17. The topological polar surface area (TPSA) is 0 Å². The lowest BCUT2D eigenvalue weighted by Crippen LogP contribution is -1.68. The Balaban J connectivity index is 2.89. The highest BCUT2D eigenvalue weighted by molar-refractivity contribution is 5.81. The van der Waals surface area contributed by atoms with E-state index >= 15 is 0 Å². The first-order chi connectivity index (χ1) is 4.97. The summed E-state index contributed by atoms with van der Waals surface area (Å²) >= 11 is 0. The predicted molar refractivity (Wildman–Crippen MR) is 40.5 cm³/mol. The SMILES string of the molecule is [c]1[c]c2cc[c]cc2cc1. The highest BCUT2D eigenvalue weighted by Crippen LogP contribution is 2.09. The van der Waals surface area contributed by atoms with Gasteiger partial charge in [-0.25, -0.2) is 0 Å². The average Bonchev–Trinajstić information content (AvgIpc) is 2.05. The van der Waals surface area contributed by atoms with Gasteiger partial charge in [0.05, 0.1) is 0 Å². The molecule has 0 nitrogen and oxygen atoms in total. The van der Waals surface area contributed by atoms with Crippen LogP contribution in [0.25, 0.3) is 10.8 Å². The number of benzene rings is 2. The molecule has 45 valence electrons. The van der Waals surface area contributed by atoms with Gasteiger partial charge in [-0.1, -0.05) is 24.3 Å². The van der Waals surface area contributed by atoms with E-state index in [1.54, 1.807) is 0 Å². The van der Waals surface area contributed by atoms with Gasteiger partial charge in [-0.05, 0) is 35.0 Å². The predicted octanol–water partition coefficient (Wildman–Crippen LogP) is 2.24. The van der Waals surface area contributed by atoms with Crippen LogP contribution >= 0.6 is 0 Å². The maximum Gasteiger partial charge on any atom is -0.00141 e. The first-order valence-corrected chi connectivity index (χ1v) is 3.15. The third kappa shape index (κ3) is 0.781. The van der Waals surface area contributed by atoms with Gasteiger partial charge < -0.3 is 0 Å². The molecule has 0 aliphatic rings. The minimum Gasteiger partial charge on any atom is -0.0537 e. The number of hydrogen-bond acceptors (Lipinski definition) is 0. The van der Waals surface area contributed by atoms with Crippen LogP contribution in [0.4, 0.5) is 0 Å². The number of fused-ring (bicyclic) bond motifs is 1. The van der Waals surface area contributed by atoms with Gasteiger partial charge in [-0.3, -0.25) is 0 Å². The average molecular weight is 125 g/mol. The van der Waals surface area contributed by atoms with Crippen molar-refractivity contribution < 1.29 is 0 Å². The lowest BCUT2D eigenvalue weighted by atomic mass is 10.1. The Morgan fingerprint density at radius 1 is 1.10 bits per heavy atom. The first-order valence-electron chi connectivity index (χ1n) is 3.15. The standard InChI is InChI=1S/C10H5/c1-2-6-10-8-4-3-7-9(10)5-1/h1,4-6,8H. The summed E-state index contributed by atoms with van der Waals surface area (Å²) in [6.45, 7) is 0. The van der Waals surface area contributed by atoms with Gasteiger partial charge >= 0.3 is 0 Å². The summed E-state index contributed by atoms with van der Waals surface area (Å²) in [5, 5.41) is 2.27. The van der Waals surface area contributed by atoms with E-state index in [0.717, 1.165) is 5.39 Å². The molecule has 0 heterocycles. The molecular formula is C10H5. The molecule has 0 unspecified atom stereocenters. The molecule has 0 amide bonds. The number of hydrogen-bond donors (Lipinski definition) is 0. The maximum absolute atomic E-state index is 3.01. The molecular weight excluding hydrogens is 120 g/mol. The Morgan fingerprint density at radius 2 is 2.10 bits per heavy atom. The van der Waals surface area contributed by atoms with Crippen molar-refractivity contribution in [1.29, 1.82) is 0 Å². The zero-order valence-electron chi connectivity index (χ0n) is 5.39. The zero-order valence-corrected chi connectivity index (χ0v) is 5.39. The molecule has 0 bridgehead atoms. The lowest BCUT2D eigenvalue weighted by Gasteiger charge is -1.91. The molecule has 0 aliphatic heterocycles.